The highest BCUT2D eigenvalue weighted by Crippen LogP contribution is 2.24. The summed E-state index contributed by atoms with van der Waals surface area (Å²) < 4.78 is 5.46. The minimum absolute atomic E-state index is 0.262. The second-order valence-electron chi connectivity index (χ2n) is 5.29. The Morgan fingerprint density at radius 1 is 1.24 bits per heavy atom. The van der Waals surface area contributed by atoms with E-state index in [9.17, 15) is 0 Å². The summed E-state index contributed by atoms with van der Waals surface area (Å²) in [4.78, 5) is 4.43. The van der Waals surface area contributed by atoms with Crippen LogP contribution in [0.25, 0.3) is 10.9 Å². The van der Waals surface area contributed by atoms with Gasteiger partial charge in [-0.3, -0.25) is 4.98 Å². The molecule has 2 aromatic heterocycles. The van der Waals surface area contributed by atoms with Gasteiger partial charge in [-0.2, -0.15) is 0 Å². The van der Waals surface area contributed by atoms with Crippen molar-refractivity contribution in [3.63, 3.8) is 0 Å². The highest BCUT2D eigenvalue weighted by Gasteiger charge is 2.15. The van der Waals surface area contributed by atoms with Crippen LogP contribution in [0.5, 0.6) is 0 Å². The lowest BCUT2D eigenvalue weighted by atomic mass is 9.98. The molecule has 3 rings (SSSR count). The summed E-state index contributed by atoms with van der Waals surface area (Å²) in [7, 11) is 0. The van der Waals surface area contributed by atoms with Crippen molar-refractivity contribution in [2.75, 3.05) is 6.54 Å². The SMILES string of the molecule is CCNC(Cc1ccnc2ccccc12)c1coc(C)c1. The summed E-state index contributed by atoms with van der Waals surface area (Å²) in [5.74, 6) is 0.951. The van der Waals surface area contributed by atoms with Crippen LogP contribution in [0.4, 0.5) is 0 Å². The number of rotatable bonds is 5. The minimum atomic E-state index is 0.262. The fraction of sp³-hybridized carbons (Fsp3) is 0.278. The van der Waals surface area contributed by atoms with Gasteiger partial charge in [0.15, 0.2) is 0 Å². The number of benzene rings is 1. The molecule has 0 saturated carbocycles. The van der Waals surface area contributed by atoms with E-state index in [-0.39, 0.29) is 6.04 Å². The Morgan fingerprint density at radius 2 is 2.10 bits per heavy atom. The second-order valence-corrected chi connectivity index (χ2v) is 5.29. The third-order valence-corrected chi connectivity index (χ3v) is 3.77. The Hall–Kier alpha value is -2.13. The van der Waals surface area contributed by atoms with Crippen molar-refractivity contribution in [2.24, 2.45) is 0 Å². The van der Waals surface area contributed by atoms with E-state index in [0.717, 1.165) is 24.2 Å². The molecule has 21 heavy (non-hydrogen) atoms. The Morgan fingerprint density at radius 3 is 2.86 bits per heavy atom. The number of pyridine rings is 1. The molecule has 0 aliphatic rings. The fourth-order valence-corrected chi connectivity index (χ4v) is 2.75. The van der Waals surface area contributed by atoms with Crippen LogP contribution in [-0.2, 0) is 6.42 Å². The maximum atomic E-state index is 5.46. The van der Waals surface area contributed by atoms with Gasteiger partial charge < -0.3 is 9.73 Å². The van der Waals surface area contributed by atoms with Gasteiger partial charge in [0.05, 0.1) is 11.8 Å². The number of hydrogen-bond donors (Lipinski definition) is 1. The predicted molar refractivity (Wildman–Crippen MR) is 85.3 cm³/mol. The summed E-state index contributed by atoms with van der Waals surface area (Å²) in [6.45, 7) is 5.04. The number of aryl methyl sites for hydroxylation is 1. The standard InChI is InChI=1S/C18H20N2O/c1-3-19-18(15-10-13(2)21-12-15)11-14-8-9-20-17-7-5-4-6-16(14)17/h4-10,12,18-19H,3,11H2,1-2H3. The van der Waals surface area contributed by atoms with E-state index in [2.05, 4.69) is 47.6 Å². The number of para-hydroxylation sites is 1. The van der Waals surface area contributed by atoms with E-state index < -0.39 is 0 Å². The van der Waals surface area contributed by atoms with Crippen LogP contribution in [-0.4, -0.2) is 11.5 Å². The van der Waals surface area contributed by atoms with Crippen molar-refractivity contribution < 1.29 is 4.42 Å². The van der Waals surface area contributed by atoms with Gasteiger partial charge in [0.25, 0.3) is 0 Å². The number of hydrogen-bond acceptors (Lipinski definition) is 3. The smallest absolute Gasteiger partial charge is 0.101 e. The number of aromatic nitrogens is 1. The van der Waals surface area contributed by atoms with Crippen molar-refractivity contribution in [1.82, 2.24) is 10.3 Å². The molecule has 1 aromatic carbocycles. The monoisotopic (exact) mass is 280 g/mol. The summed E-state index contributed by atoms with van der Waals surface area (Å²) >= 11 is 0. The lowest BCUT2D eigenvalue weighted by Gasteiger charge is -2.17. The molecule has 0 aliphatic heterocycles. The number of furan rings is 1. The summed E-state index contributed by atoms with van der Waals surface area (Å²) in [6.07, 6.45) is 4.67. The largest absolute Gasteiger partial charge is 0.469 e. The average molecular weight is 280 g/mol. The summed E-state index contributed by atoms with van der Waals surface area (Å²) in [5.41, 5.74) is 3.56. The molecule has 108 valence electrons. The Bertz CT molecular complexity index is 727. The molecule has 1 unspecified atom stereocenters. The lowest BCUT2D eigenvalue weighted by Crippen LogP contribution is -2.22. The van der Waals surface area contributed by atoms with Gasteiger partial charge in [-0.15, -0.1) is 0 Å². The maximum Gasteiger partial charge on any atom is 0.101 e. The molecule has 3 nitrogen and oxygen atoms in total. The van der Waals surface area contributed by atoms with Crippen LogP contribution in [0.2, 0.25) is 0 Å². The molecule has 3 aromatic rings. The first-order valence-electron chi connectivity index (χ1n) is 7.39. The zero-order valence-corrected chi connectivity index (χ0v) is 12.5. The van der Waals surface area contributed by atoms with Crippen LogP contribution in [0.1, 0.15) is 29.9 Å². The molecular formula is C18H20N2O. The first-order valence-corrected chi connectivity index (χ1v) is 7.39. The number of likely N-dealkylation sites (N-methyl/N-ethyl adjacent to an activating group) is 1. The molecule has 0 saturated heterocycles. The van der Waals surface area contributed by atoms with E-state index in [1.165, 1.54) is 16.5 Å². The highest BCUT2D eigenvalue weighted by molar-refractivity contribution is 5.81. The van der Waals surface area contributed by atoms with Gasteiger partial charge in [-0.1, -0.05) is 25.1 Å². The topological polar surface area (TPSA) is 38.1 Å². The van der Waals surface area contributed by atoms with Gasteiger partial charge in [0.1, 0.15) is 5.76 Å². The first kappa shape index (κ1) is 13.8. The Kier molecular flexibility index (Phi) is 4.02. The molecule has 0 amide bonds. The van der Waals surface area contributed by atoms with Crippen molar-refractivity contribution in [3.05, 3.63) is 65.7 Å². The quantitative estimate of drug-likeness (QED) is 0.766. The van der Waals surface area contributed by atoms with E-state index in [0.29, 0.717) is 0 Å². The zero-order valence-electron chi connectivity index (χ0n) is 12.5. The van der Waals surface area contributed by atoms with Crippen LogP contribution in [0.15, 0.2) is 53.3 Å². The second kappa shape index (κ2) is 6.10. The van der Waals surface area contributed by atoms with E-state index in [4.69, 9.17) is 4.42 Å². The van der Waals surface area contributed by atoms with Crippen molar-refractivity contribution in [2.45, 2.75) is 26.3 Å². The van der Waals surface area contributed by atoms with E-state index in [1.807, 2.05) is 25.5 Å². The fourth-order valence-electron chi connectivity index (χ4n) is 2.75. The Balaban J connectivity index is 1.94. The van der Waals surface area contributed by atoms with Crippen molar-refractivity contribution in [1.29, 1.82) is 0 Å². The number of nitrogens with zero attached hydrogens (tertiary/aromatic N) is 1. The zero-order chi connectivity index (χ0) is 14.7. The number of fused-ring (bicyclic) bond motifs is 1. The molecule has 3 heteroatoms. The minimum Gasteiger partial charge on any atom is -0.469 e. The molecule has 1 atom stereocenters. The Labute approximate surface area is 125 Å². The normalized spacial score (nSPS) is 12.7. The van der Waals surface area contributed by atoms with Crippen LogP contribution >= 0.6 is 0 Å². The summed E-state index contributed by atoms with van der Waals surface area (Å²) in [5, 5.41) is 4.77. The lowest BCUT2D eigenvalue weighted by molar-refractivity contribution is 0.512. The molecule has 0 bridgehead atoms. The first-order chi connectivity index (χ1) is 10.3. The van der Waals surface area contributed by atoms with Crippen molar-refractivity contribution >= 4 is 10.9 Å². The summed E-state index contributed by atoms with van der Waals surface area (Å²) in [6, 6.07) is 12.8. The average Bonchev–Trinajstić information content (AvgIpc) is 2.94. The molecule has 0 radical (unpaired) electrons. The van der Waals surface area contributed by atoms with Gasteiger partial charge >= 0.3 is 0 Å². The molecule has 0 spiro atoms. The van der Waals surface area contributed by atoms with Crippen LogP contribution in [0.3, 0.4) is 0 Å². The molecular weight excluding hydrogens is 260 g/mol. The number of nitrogens with one attached hydrogen (secondary N) is 1. The van der Waals surface area contributed by atoms with Crippen LogP contribution < -0.4 is 5.32 Å². The molecule has 0 fully saturated rings. The van der Waals surface area contributed by atoms with E-state index in [1.54, 1.807) is 0 Å². The molecule has 0 aliphatic carbocycles. The van der Waals surface area contributed by atoms with Crippen molar-refractivity contribution in [3.8, 4) is 0 Å². The maximum absolute atomic E-state index is 5.46. The van der Waals surface area contributed by atoms with Gasteiger partial charge in [-0.05, 0) is 43.7 Å². The molecule has 2 heterocycles. The highest BCUT2D eigenvalue weighted by atomic mass is 16.3. The van der Waals surface area contributed by atoms with Gasteiger partial charge in [0.2, 0.25) is 0 Å². The van der Waals surface area contributed by atoms with E-state index >= 15 is 0 Å². The predicted octanol–water partition coefficient (Wildman–Crippen LogP) is 4.03. The van der Waals surface area contributed by atoms with Gasteiger partial charge in [-0.25, -0.2) is 0 Å². The third-order valence-electron chi connectivity index (χ3n) is 3.77. The molecule has 1 N–H and O–H groups in total. The van der Waals surface area contributed by atoms with Crippen LogP contribution in [0, 0.1) is 6.92 Å². The van der Waals surface area contributed by atoms with Gasteiger partial charge in [0, 0.05) is 23.2 Å². The third kappa shape index (κ3) is 2.98.